The van der Waals surface area contributed by atoms with Crippen LogP contribution in [0.15, 0.2) is 36.8 Å². The van der Waals surface area contributed by atoms with Gasteiger partial charge in [0.1, 0.15) is 0 Å². The van der Waals surface area contributed by atoms with Gasteiger partial charge in [0.05, 0.1) is 37.8 Å². The SMILES string of the molecule is COc1ccc(-c2nc(Nc3cnn(CCO)c3)ncc2C)cc1F. The van der Waals surface area contributed by atoms with E-state index in [0.29, 0.717) is 29.4 Å². The maximum atomic E-state index is 14.0. The van der Waals surface area contributed by atoms with Gasteiger partial charge in [-0.1, -0.05) is 0 Å². The number of nitrogens with zero attached hydrogens (tertiary/aromatic N) is 4. The van der Waals surface area contributed by atoms with Crippen molar-refractivity contribution in [2.45, 2.75) is 13.5 Å². The maximum Gasteiger partial charge on any atom is 0.227 e. The van der Waals surface area contributed by atoms with Crippen LogP contribution in [0.5, 0.6) is 5.75 Å². The number of aliphatic hydroxyl groups is 1. The summed E-state index contributed by atoms with van der Waals surface area (Å²) >= 11 is 0. The highest BCUT2D eigenvalue weighted by Gasteiger charge is 2.11. The Bertz CT molecular complexity index is 881. The van der Waals surface area contributed by atoms with Gasteiger partial charge >= 0.3 is 0 Å². The first-order chi connectivity index (χ1) is 12.1. The number of anilines is 2. The minimum absolute atomic E-state index is 0.00926. The van der Waals surface area contributed by atoms with E-state index in [1.165, 1.54) is 13.2 Å². The van der Waals surface area contributed by atoms with Crippen molar-refractivity contribution in [1.29, 1.82) is 0 Å². The molecular formula is C17H18FN5O2. The zero-order valence-electron chi connectivity index (χ0n) is 13.9. The fraction of sp³-hybridized carbons (Fsp3) is 0.235. The number of halogens is 1. The van der Waals surface area contributed by atoms with Crippen LogP contribution in [0.2, 0.25) is 0 Å². The van der Waals surface area contributed by atoms with Gasteiger partial charge in [0.15, 0.2) is 11.6 Å². The summed E-state index contributed by atoms with van der Waals surface area (Å²) in [6.07, 6.45) is 5.03. The van der Waals surface area contributed by atoms with Crippen molar-refractivity contribution < 1.29 is 14.2 Å². The van der Waals surface area contributed by atoms with Gasteiger partial charge in [0.25, 0.3) is 0 Å². The van der Waals surface area contributed by atoms with Crippen LogP contribution in [-0.4, -0.2) is 38.6 Å². The van der Waals surface area contributed by atoms with E-state index in [2.05, 4.69) is 20.4 Å². The van der Waals surface area contributed by atoms with Gasteiger partial charge < -0.3 is 15.2 Å². The van der Waals surface area contributed by atoms with Crippen LogP contribution >= 0.6 is 0 Å². The van der Waals surface area contributed by atoms with Crippen molar-refractivity contribution in [3.63, 3.8) is 0 Å². The Morgan fingerprint density at radius 1 is 1.32 bits per heavy atom. The van der Waals surface area contributed by atoms with E-state index < -0.39 is 5.82 Å². The summed E-state index contributed by atoms with van der Waals surface area (Å²) in [4.78, 5) is 8.72. The number of hydrogen-bond donors (Lipinski definition) is 2. The Labute approximate surface area is 144 Å². The predicted octanol–water partition coefficient (Wildman–Crippen LogP) is 2.53. The van der Waals surface area contributed by atoms with E-state index >= 15 is 0 Å². The Balaban J connectivity index is 1.88. The summed E-state index contributed by atoms with van der Waals surface area (Å²) < 4.78 is 20.5. The van der Waals surface area contributed by atoms with Crippen molar-refractivity contribution in [2.75, 3.05) is 19.0 Å². The van der Waals surface area contributed by atoms with Crippen LogP contribution in [0.3, 0.4) is 0 Å². The van der Waals surface area contributed by atoms with Gasteiger partial charge in [-0.25, -0.2) is 14.4 Å². The predicted molar refractivity (Wildman–Crippen MR) is 91.3 cm³/mol. The van der Waals surface area contributed by atoms with Crippen LogP contribution in [-0.2, 0) is 6.54 Å². The summed E-state index contributed by atoms with van der Waals surface area (Å²) in [5, 5.41) is 16.1. The molecule has 0 spiro atoms. The highest BCUT2D eigenvalue weighted by Crippen LogP contribution is 2.27. The summed E-state index contributed by atoms with van der Waals surface area (Å²) in [6, 6.07) is 4.70. The van der Waals surface area contributed by atoms with Gasteiger partial charge in [0, 0.05) is 18.0 Å². The number of aliphatic hydroxyl groups excluding tert-OH is 1. The van der Waals surface area contributed by atoms with Gasteiger partial charge in [-0.3, -0.25) is 4.68 Å². The summed E-state index contributed by atoms with van der Waals surface area (Å²) in [6.45, 7) is 2.28. The summed E-state index contributed by atoms with van der Waals surface area (Å²) in [7, 11) is 1.42. The molecule has 2 heterocycles. The molecule has 0 radical (unpaired) electrons. The number of methoxy groups -OCH3 is 1. The van der Waals surface area contributed by atoms with E-state index in [1.807, 2.05) is 6.92 Å². The molecule has 1 aromatic carbocycles. The lowest BCUT2D eigenvalue weighted by atomic mass is 10.1. The quantitative estimate of drug-likeness (QED) is 0.715. The molecule has 0 aliphatic heterocycles. The first kappa shape index (κ1) is 16.8. The van der Waals surface area contributed by atoms with Crippen molar-refractivity contribution in [3.8, 4) is 17.0 Å². The van der Waals surface area contributed by atoms with E-state index in [-0.39, 0.29) is 12.4 Å². The molecule has 2 aromatic heterocycles. The minimum atomic E-state index is -0.446. The highest BCUT2D eigenvalue weighted by atomic mass is 19.1. The second-order valence-electron chi connectivity index (χ2n) is 5.42. The highest BCUT2D eigenvalue weighted by molar-refractivity contribution is 5.65. The Hall–Kier alpha value is -3.00. The van der Waals surface area contributed by atoms with E-state index in [0.717, 1.165) is 5.56 Å². The molecule has 0 saturated carbocycles. The average molecular weight is 343 g/mol. The third-order valence-electron chi connectivity index (χ3n) is 3.62. The van der Waals surface area contributed by atoms with Gasteiger partial charge in [0.2, 0.25) is 5.95 Å². The van der Waals surface area contributed by atoms with Crippen molar-refractivity contribution in [1.82, 2.24) is 19.7 Å². The number of aromatic nitrogens is 4. The smallest absolute Gasteiger partial charge is 0.227 e. The summed E-state index contributed by atoms with van der Waals surface area (Å²) in [5.74, 6) is 0.114. The molecule has 2 N–H and O–H groups in total. The van der Waals surface area contributed by atoms with Gasteiger partial charge in [-0.15, -0.1) is 0 Å². The number of aryl methyl sites for hydroxylation is 1. The van der Waals surface area contributed by atoms with Crippen LogP contribution in [0.1, 0.15) is 5.56 Å². The number of nitrogens with one attached hydrogen (secondary N) is 1. The summed E-state index contributed by atoms with van der Waals surface area (Å²) in [5.41, 5.74) is 2.79. The van der Waals surface area contributed by atoms with Gasteiger partial charge in [-0.2, -0.15) is 5.10 Å². The normalized spacial score (nSPS) is 10.7. The van der Waals surface area contributed by atoms with Crippen molar-refractivity contribution >= 4 is 11.6 Å². The lowest BCUT2D eigenvalue weighted by Crippen LogP contribution is -2.02. The van der Waals surface area contributed by atoms with Crippen LogP contribution in [0, 0.1) is 12.7 Å². The zero-order chi connectivity index (χ0) is 17.8. The zero-order valence-corrected chi connectivity index (χ0v) is 13.9. The molecule has 8 heteroatoms. The molecule has 0 unspecified atom stereocenters. The van der Waals surface area contributed by atoms with Crippen molar-refractivity contribution in [2.24, 2.45) is 0 Å². The molecule has 3 aromatic rings. The van der Waals surface area contributed by atoms with E-state index in [1.54, 1.807) is 35.4 Å². The molecule has 7 nitrogen and oxygen atoms in total. The molecule has 0 amide bonds. The lowest BCUT2D eigenvalue weighted by Gasteiger charge is -2.09. The second-order valence-corrected chi connectivity index (χ2v) is 5.42. The Kier molecular flexibility index (Phi) is 4.90. The maximum absolute atomic E-state index is 14.0. The standard InChI is InChI=1S/C17H18FN5O2/c1-11-8-19-17(21-13-9-20-23(10-13)5-6-24)22-16(11)12-3-4-15(25-2)14(18)7-12/h3-4,7-10,24H,5-6H2,1-2H3,(H,19,21,22). The number of rotatable bonds is 6. The molecular weight excluding hydrogens is 325 g/mol. The number of benzene rings is 1. The molecule has 25 heavy (non-hydrogen) atoms. The third-order valence-corrected chi connectivity index (χ3v) is 3.62. The first-order valence-corrected chi connectivity index (χ1v) is 7.68. The monoisotopic (exact) mass is 343 g/mol. The van der Waals surface area contributed by atoms with Crippen molar-refractivity contribution in [3.05, 3.63) is 48.2 Å². The fourth-order valence-corrected chi connectivity index (χ4v) is 2.39. The van der Waals surface area contributed by atoms with Crippen LogP contribution in [0.25, 0.3) is 11.3 Å². The fourth-order valence-electron chi connectivity index (χ4n) is 2.39. The average Bonchev–Trinajstić information content (AvgIpc) is 3.04. The largest absolute Gasteiger partial charge is 0.494 e. The molecule has 0 saturated heterocycles. The molecule has 3 rings (SSSR count). The lowest BCUT2D eigenvalue weighted by molar-refractivity contribution is 0.269. The molecule has 0 aliphatic rings. The Morgan fingerprint density at radius 3 is 2.88 bits per heavy atom. The number of hydrogen-bond acceptors (Lipinski definition) is 6. The molecule has 0 bridgehead atoms. The number of ether oxygens (including phenoxy) is 1. The van der Waals surface area contributed by atoms with Gasteiger partial charge in [-0.05, 0) is 30.7 Å². The minimum Gasteiger partial charge on any atom is -0.494 e. The molecule has 0 aliphatic carbocycles. The molecule has 0 atom stereocenters. The first-order valence-electron chi connectivity index (χ1n) is 7.68. The Morgan fingerprint density at radius 2 is 2.16 bits per heavy atom. The second kappa shape index (κ2) is 7.27. The molecule has 130 valence electrons. The van der Waals surface area contributed by atoms with Crippen LogP contribution in [0.4, 0.5) is 16.0 Å². The van der Waals surface area contributed by atoms with Crippen LogP contribution < -0.4 is 10.1 Å². The van der Waals surface area contributed by atoms with E-state index in [9.17, 15) is 4.39 Å². The third kappa shape index (κ3) is 3.74. The topological polar surface area (TPSA) is 85.1 Å². The van der Waals surface area contributed by atoms with E-state index in [4.69, 9.17) is 9.84 Å². The molecule has 0 fully saturated rings.